The lowest BCUT2D eigenvalue weighted by atomic mass is 9.91. The van der Waals surface area contributed by atoms with Crippen molar-refractivity contribution < 1.29 is 4.79 Å². The monoisotopic (exact) mass is 203 g/mol. The third-order valence-electron chi connectivity index (χ3n) is 3.04. The molecule has 1 heterocycles. The number of benzene rings is 1. The Kier molecular flexibility index (Phi) is 3.17. The van der Waals surface area contributed by atoms with E-state index in [1.165, 1.54) is 5.56 Å². The zero-order valence-electron chi connectivity index (χ0n) is 9.07. The second-order valence-electron chi connectivity index (χ2n) is 4.18. The van der Waals surface area contributed by atoms with Crippen LogP contribution in [-0.4, -0.2) is 11.8 Å². The van der Waals surface area contributed by atoms with E-state index in [2.05, 4.69) is 24.4 Å². The predicted molar refractivity (Wildman–Crippen MR) is 60.6 cm³/mol. The van der Waals surface area contributed by atoms with Crippen molar-refractivity contribution in [1.82, 2.24) is 5.32 Å². The molecule has 1 N–H and O–H groups in total. The summed E-state index contributed by atoms with van der Waals surface area (Å²) >= 11 is 0. The van der Waals surface area contributed by atoms with E-state index in [0.29, 0.717) is 24.7 Å². The van der Waals surface area contributed by atoms with Crippen molar-refractivity contribution in [3.63, 3.8) is 0 Å². The summed E-state index contributed by atoms with van der Waals surface area (Å²) in [6.07, 6.45) is 2.36. The van der Waals surface area contributed by atoms with Crippen LogP contribution in [0.4, 0.5) is 0 Å². The highest BCUT2D eigenvalue weighted by molar-refractivity contribution is 5.80. The Morgan fingerprint density at radius 3 is 2.67 bits per heavy atom. The summed E-state index contributed by atoms with van der Waals surface area (Å²) < 4.78 is 0. The summed E-state index contributed by atoms with van der Waals surface area (Å²) in [6.45, 7) is 2.12. The van der Waals surface area contributed by atoms with Crippen LogP contribution in [0.25, 0.3) is 0 Å². The molecule has 2 heteroatoms. The molecular weight excluding hydrogens is 186 g/mol. The Balaban J connectivity index is 2.12. The number of carbonyl (C=O) groups excluding carboxylic acids is 1. The Hall–Kier alpha value is -1.15. The van der Waals surface area contributed by atoms with E-state index in [4.69, 9.17) is 0 Å². The number of ketones is 1. The molecule has 2 rings (SSSR count). The molecule has 1 aromatic carbocycles. The summed E-state index contributed by atoms with van der Waals surface area (Å²) in [5, 5.41) is 3.53. The van der Waals surface area contributed by atoms with Crippen LogP contribution in [0.2, 0.25) is 0 Å². The van der Waals surface area contributed by atoms with Crippen molar-refractivity contribution in [3.8, 4) is 0 Å². The Labute approximate surface area is 90.7 Å². The van der Waals surface area contributed by atoms with Gasteiger partial charge in [-0.1, -0.05) is 37.3 Å². The lowest BCUT2D eigenvalue weighted by molar-refractivity contribution is -0.121. The maximum atomic E-state index is 11.6. The number of hydrogen-bond donors (Lipinski definition) is 1. The van der Waals surface area contributed by atoms with Gasteiger partial charge in [0.2, 0.25) is 0 Å². The fraction of sp³-hybridized carbons (Fsp3) is 0.462. The minimum Gasteiger partial charge on any atom is -0.306 e. The number of carbonyl (C=O) groups is 1. The number of hydrogen-bond acceptors (Lipinski definition) is 2. The number of Topliss-reactive ketones (excluding diaryl/α,β-unsaturated/α-hetero) is 1. The summed E-state index contributed by atoms with van der Waals surface area (Å²) in [5.74, 6) is 0.384. The minimum absolute atomic E-state index is 0.220. The van der Waals surface area contributed by atoms with E-state index >= 15 is 0 Å². The first-order valence-electron chi connectivity index (χ1n) is 5.62. The standard InChI is InChI=1S/C13H17NO/c1-2-11-8-12(15)9-13(14-11)10-6-4-3-5-7-10/h3-7,11,13-14H,2,8-9H2,1H3/t11-,13-/m0/s1. The van der Waals surface area contributed by atoms with E-state index in [1.807, 2.05) is 18.2 Å². The number of nitrogens with one attached hydrogen (secondary N) is 1. The SMILES string of the molecule is CC[C@H]1CC(=O)C[C@@H](c2ccccc2)N1. The van der Waals surface area contributed by atoms with Gasteiger partial charge < -0.3 is 5.32 Å². The lowest BCUT2D eigenvalue weighted by Gasteiger charge is -2.29. The third kappa shape index (κ3) is 2.45. The van der Waals surface area contributed by atoms with E-state index in [9.17, 15) is 4.79 Å². The molecule has 1 aliphatic heterocycles. The average Bonchev–Trinajstić information content (AvgIpc) is 2.29. The van der Waals surface area contributed by atoms with Gasteiger partial charge in [-0.15, -0.1) is 0 Å². The van der Waals surface area contributed by atoms with Gasteiger partial charge in [-0.3, -0.25) is 4.79 Å². The first-order valence-corrected chi connectivity index (χ1v) is 5.62. The van der Waals surface area contributed by atoms with Crippen LogP contribution in [0, 0.1) is 0 Å². The van der Waals surface area contributed by atoms with Gasteiger partial charge in [-0.05, 0) is 12.0 Å². The smallest absolute Gasteiger partial charge is 0.136 e. The Morgan fingerprint density at radius 1 is 1.27 bits per heavy atom. The molecule has 0 aromatic heterocycles. The highest BCUT2D eigenvalue weighted by Gasteiger charge is 2.25. The molecule has 0 bridgehead atoms. The van der Waals surface area contributed by atoms with Crippen LogP contribution in [-0.2, 0) is 4.79 Å². The van der Waals surface area contributed by atoms with Gasteiger partial charge in [0.1, 0.15) is 5.78 Å². The molecule has 0 spiro atoms. The largest absolute Gasteiger partial charge is 0.306 e. The fourth-order valence-electron chi connectivity index (χ4n) is 2.15. The topological polar surface area (TPSA) is 29.1 Å². The van der Waals surface area contributed by atoms with Gasteiger partial charge in [0.05, 0.1) is 0 Å². The first-order chi connectivity index (χ1) is 7.29. The van der Waals surface area contributed by atoms with Crippen LogP contribution in [0.15, 0.2) is 30.3 Å². The average molecular weight is 203 g/mol. The Morgan fingerprint density at radius 2 is 2.00 bits per heavy atom. The zero-order chi connectivity index (χ0) is 10.7. The van der Waals surface area contributed by atoms with Crippen LogP contribution < -0.4 is 5.32 Å². The van der Waals surface area contributed by atoms with Crippen LogP contribution in [0.3, 0.4) is 0 Å². The van der Waals surface area contributed by atoms with E-state index in [0.717, 1.165) is 6.42 Å². The number of piperidine rings is 1. The molecule has 0 saturated carbocycles. The van der Waals surface area contributed by atoms with E-state index in [-0.39, 0.29) is 6.04 Å². The van der Waals surface area contributed by atoms with Crippen molar-refractivity contribution >= 4 is 5.78 Å². The summed E-state index contributed by atoms with van der Waals surface area (Å²) in [5.41, 5.74) is 1.23. The minimum atomic E-state index is 0.220. The molecule has 15 heavy (non-hydrogen) atoms. The lowest BCUT2D eigenvalue weighted by Crippen LogP contribution is -2.40. The summed E-state index contributed by atoms with van der Waals surface area (Å²) in [4.78, 5) is 11.6. The van der Waals surface area contributed by atoms with Crippen molar-refractivity contribution in [3.05, 3.63) is 35.9 Å². The first kappa shape index (κ1) is 10.4. The molecule has 80 valence electrons. The van der Waals surface area contributed by atoms with E-state index < -0.39 is 0 Å². The molecule has 1 fully saturated rings. The molecule has 0 amide bonds. The molecule has 2 nitrogen and oxygen atoms in total. The van der Waals surface area contributed by atoms with Crippen LogP contribution in [0.1, 0.15) is 37.8 Å². The van der Waals surface area contributed by atoms with E-state index in [1.54, 1.807) is 0 Å². The maximum absolute atomic E-state index is 11.6. The molecule has 0 unspecified atom stereocenters. The van der Waals surface area contributed by atoms with Crippen molar-refractivity contribution in [2.24, 2.45) is 0 Å². The van der Waals surface area contributed by atoms with Gasteiger partial charge in [0.25, 0.3) is 0 Å². The third-order valence-corrected chi connectivity index (χ3v) is 3.04. The molecule has 1 aromatic rings. The molecule has 0 aliphatic carbocycles. The maximum Gasteiger partial charge on any atom is 0.136 e. The predicted octanol–water partition coefficient (Wildman–Crippen LogP) is 2.46. The quantitative estimate of drug-likeness (QED) is 0.800. The highest BCUT2D eigenvalue weighted by atomic mass is 16.1. The van der Waals surface area contributed by atoms with Gasteiger partial charge in [-0.2, -0.15) is 0 Å². The summed E-state index contributed by atoms with van der Waals surface area (Å²) in [6, 6.07) is 10.8. The zero-order valence-corrected chi connectivity index (χ0v) is 9.07. The molecule has 1 aliphatic rings. The van der Waals surface area contributed by atoms with Crippen LogP contribution in [0.5, 0.6) is 0 Å². The van der Waals surface area contributed by atoms with Crippen molar-refractivity contribution in [1.29, 1.82) is 0 Å². The van der Waals surface area contributed by atoms with Crippen LogP contribution >= 0.6 is 0 Å². The van der Waals surface area contributed by atoms with Gasteiger partial charge >= 0.3 is 0 Å². The molecule has 1 saturated heterocycles. The molecular formula is C13H17NO. The Bertz CT molecular complexity index is 334. The molecule has 2 atom stereocenters. The molecule has 0 radical (unpaired) electrons. The normalized spacial score (nSPS) is 26.6. The second-order valence-corrected chi connectivity index (χ2v) is 4.18. The number of rotatable bonds is 2. The highest BCUT2D eigenvalue weighted by Crippen LogP contribution is 2.24. The van der Waals surface area contributed by atoms with Crippen molar-refractivity contribution in [2.45, 2.75) is 38.3 Å². The van der Waals surface area contributed by atoms with Gasteiger partial charge in [0.15, 0.2) is 0 Å². The second kappa shape index (κ2) is 4.58. The summed E-state index contributed by atoms with van der Waals surface area (Å²) in [7, 11) is 0. The van der Waals surface area contributed by atoms with Gasteiger partial charge in [0, 0.05) is 24.9 Å². The fourth-order valence-corrected chi connectivity index (χ4v) is 2.15. The van der Waals surface area contributed by atoms with Crippen molar-refractivity contribution in [2.75, 3.05) is 0 Å². The van der Waals surface area contributed by atoms with Gasteiger partial charge in [-0.25, -0.2) is 0 Å².